The lowest BCUT2D eigenvalue weighted by molar-refractivity contribution is -0.132. The van der Waals surface area contributed by atoms with Crippen molar-refractivity contribution in [2.24, 2.45) is 0 Å². The van der Waals surface area contributed by atoms with Crippen LogP contribution >= 0.6 is 0 Å². The molecule has 4 heteroatoms. The van der Waals surface area contributed by atoms with E-state index in [0.717, 1.165) is 19.3 Å². The number of nitriles is 1. The summed E-state index contributed by atoms with van der Waals surface area (Å²) in [5, 5.41) is 8.55. The number of amides is 1. The molecule has 4 nitrogen and oxygen atoms in total. The zero-order chi connectivity index (χ0) is 12.0. The van der Waals surface area contributed by atoms with Crippen LogP contribution in [-0.4, -0.2) is 36.6 Å². The molecule has 0 N–H and O–H groups in total. The highest BCUT2D eigenvalue weighted by Gasteiger charge is 2.31. The van der Waals surface area contributed by atoms with Crippen molar-refractivity contribution in [3.63, 3.8) is 0 Å². The summed E-state index contributed by atoms with van der Waals surface area (Å²) in [6.45, 7) is 2.55. The summed E-state index contributed by atoms with van der Waals surface area (Å²) in [6.07, 6.45) is 4.03. The van der Waals surface area contributed by atoms with Crippen LogP contribution in [0.5, 0.6) is 0 Å². The fraction of sp³-hybridized carbons (Fsp3) is 0.833. The van der Waals surface area contributed by atoms with Crippen LogP contribution in [0, 0.1) is 11.3 Å². The number of carbonyl (C=O) groups is 1. The Morgan fingerprint density at radius 3 is 2.81 bits per heavy atom. The molecule has 1 aliphatic carbocycles. The minimum Gasteiger partial charge on any atom is -0.382 e. The standard InChI is InChI=1S/C12H20N2O2/c1-10(16-2)4-7-12(15)14(9-3-8-13)11-5-6-11/h10-11H,3-7,9H2,1-2H3. The molecule has 0 spiro atoms. The highest BCUT2D eigenvalue weighted by Crippen LogP contribution is 2.27. The smallest absolute Gasteiger partial charge is 0.222 e. The van der Waals surface area contributed by atoms with Gasteiger partial charge in [-0.1, -0.05) is 0 Å². The molecule has 1 fully saturated rings. The van der Waals surface area contributed by atoms with E-state index in [2.05, 4.69) is 6.07 Å². The van der Waals surface area contributed by atoms with Crippen LogP contribution in [0.2, 0.25) is 0 Å². The van der Waals surface area contributed by atoms with Crippen LogP contribution in [-0.2, 0) is 9.53 Å². The van der Waals surface area contributed by atoms with Gasteiger partial charge in [0.25, 0.3) is 0 Å². The highest BCUT2D eigenvalue weighted by atomic mass is 16.5. The summed E-state index contributed by atoms with van der Waals surface area (Å²) in [5.74, 6) is 0.168. The van der Waals surface area contributed by atoms with Gasteiger partial charge in [-0.05, 0) is 26.2 Å². The highest BCUT2D eigenvalue weighted by molar-refractivity contribution is 5.76. The predicted molar refractivity (Wildman–Crippen MR) is 60.7 cm³/mol. The van der Waals surface area contributed by atoms with Crippen LogP contribution in [0.4, 0.5) is 0 Å². The molecule has 1 rings (SSSR count). The van der Waals surface area contributed by atoms with Crippen LogP contribution < -0.4 is 0 Å². The first-order valence-electron chi connectivity index (χ1n) is 5.88. The molecule has 0 bridgehead atoms. The van der Waals surface area contributed by atoms with Gasteiger partial charge >= 0.3 is 0 Å². The van der Waals surface area contributed by atoms with Gasteiger partial charge in [0.2, 0.25) is 5.91 Å². The molecule has 1 aliphatic rings. The number of carbonyl (C=O) groups excluding carboxylic acids is 1. The lowest BCUT2D eigenvalue weighted by Crippen LogP contribution is -2.34. The van der Waals surface area contributed by atoms with Gasteiger partial charge in [-0.15, -0.1) is 0 Å². The van der Waals surface area contributed by atoms with Gasteiger partial charge in [-0.2, -0.15) is 5.26 Å². The van der Waals surface area contributed by atoms with Gasteiger partial charge in [-0.3, -0.25) is 4.79 Å². The summed E-state index contributed by atoms with van der Waals surface area (Å²) in [6, 6.07) is 2.49. The Balaban J connectivity index is 2.33. The molecule has 0 radical (unpaired) electrons. The van der Waals surface area contributed by atoms with E-state index in [-0.39, 0.29) is 12.0 Å². The second kappa shape index (κ2) is 6.49. The van der Waals surface area contributed by atoms with Crippen LogP contribution in [0.25, 0.3) is 0 Å². The Bertz CT molecular complexity index is 269. The summed E-state index contributed by atoms with van der Waals surface area (Å²) in [7, 11) is 1.66. The Kier molecular flexibility index (Phi) is 5.27. The summed E-state index contributed by atoms with van der Waals surface area (Å²) in [5.41, 5.74) is 0. The molecule has 90 valence electrons. The Morgan fingerprint density at radius 2 is 2.31 bits per heavy atom. The first-order valence-corrected chi connectivity index (χ1v) is 5.88. The Morgan fingerprint density at radius 1 is 1.62 bits per heavy atom. The second-order valence-electron chi connectivity index (χ2n) is 4.31. The van der Waals surface area contributed by atoms with Crippen molar-refractivity contribution in [1.82, 2.24) is 4.90 Å². The predicted octanol–water partition coefficient (Wildman–Crippen LogP) is 1.71. The Labute approximate surface area is 97.2 Å². The molecule has 16 heavy (non-hydrogen) atoms. The van der Waals surface area contributed by atoms with E-state index in [1.807, 2.05) is 11.8 Å². The monoisotopic (exact) mass is 224 g/mol. The molecule has 0 aliphatic heterocycles. The van der Waals surface area contributed by atoms with Crippen molar-refractivity contribution < 1.29 is 9.53 Å². The number of rotatable bonds is 7. The first kappa shape index (κ1) is 13.0. The van der Waals surface area contributed by atoms with Crippen LogP contribution in [0.15, 0.2) is 0 Å². The van der Waals surface area contributed by atoms with Gasteiger partial charge < -0.3 is 9.64 Å². The van der Waals surface area contributed by atoms with Crippen molar-refractivity contribution in [3.05, 3.63) is 0 Å². The molecule has 0 aromatic heterocycles. The van der Waals surface area contributed by atoms with E-state index in [1.54, 1.807) is 7.11 Å². The summed E-state index contributed by atoms with van der Waals surface area (Å²) in [4.78, 5) is 13.8. The molecule has 1 unspecified atom stereocenters. The van der Waals surface area contributed by atoms with Gasteiger partial charge in [0.05, 0.1) is 18.6 Å². The zero-order valence-corrected chi connectivity index (χ0v) is 10.1. The fourth-order valence-corrected chi connectivity index (χ4v) is 1.66. The minimum absolute atomic E-state index is 0.126. The third kappa shape index (κ3) is 4.19. The van der Waals surface area contributed by atoms with E-state index in [9.17, 15) is 4.79 Å². The first-order chi connectivity index (χ1) is 7.69. The number of hydrogen-bond acceptors (Lipinski definition) is 3. The maximum Gasteiger partial charge on any atom is 0.222 e. The molecular weight excluding hydrogens is 204 g/mol. The lowest BCUT2D eigenvalue weighted by atomic mass is 10.2. The molecular formula is C12H20N2O2. The molecule has 0 aromatic carbocycles. The second-order valence-corrected chi connectivity index (χ2v) is 4.31. The fourth-order valence-electron chi connectivity index (χ4n) is 1.66. The number of hydrogen-bond donors (Lipinski definition) is 0. The van der Waals surface area contributed by atoms with E-state index < -0.39 is 0 Å². The topological polar surface area (TPSA) is 53.3 Å². The maximum atomic E-state index is 11.9. The van der Waals surface area contributed by atoms with Crippen molar-refractivity contribution in [1.29, 1.82) is 5.26 Å². The molecule has 0 heterocycles. The van der Waals surface area contributed by atoms with Crippen LogP contribution in [0.1, 0.15) is 39.0 Å². The van der Waals surface area contributed by atoms with Crippen molar-refractivity contribution in [2.45, 2.75) is 51.2 Å². The lowest BCUT2D eigenvalue weighted by Gasteiger charge is -2.21. The molecule has 1 amide bonds. The van der Waals surface area contributed by atoms with E-state index >= 15 is 0 Å². The van der Waals surface area contributed by atoms with Gasteiger partial charge in [0.15, 0.2) is 0 Å². The van der Waals surface area contributed by atoms with Crippen molar-refractivity contribution in [2.75, 3.05) is 13.7 Å². The van der Waals surface area contributed by atoms with E-state index in [0.29, 0.717) is 25.4 Å². The summed E-state index contributed by atoms with van der Waals surface area (Å²) < 4.78 is 5.11. The number of nitrogens with zero attached hydrogens (tertiary/aromatic N) is 2. The van der Waals surface area contributed by atoms with Gasteiger partial charge in [0, 0.05) is 26.1 Å². The van der Waals surface area contributed by atoms with E-state index in [1.165, 1.54) is 0 Å². The number of ether oxygens (including phenoxy) is 1. The molecule has 0 saturated heterocycles. The van der Waals surface area contributed by atoms with Gasteiger partial charge in [0.1, 0.15) is 0 Å². The van der Waals surface area contributed by atoms with Crippen molar-refractivity contribution in [3.8, 4) is 6.07 Å². The molecule has 1 atom stereocenters. The number of methoxy groups -OCH3 is 1. The third-order valence-corrected chi connectivity index (χ3v) is 2.94. The third-order valence-electron chi connectivity index (χ3n) is 2.94. The Hall–Kier alpha value is -1.08. The van der Waals surface area contributed by atoms with Gasteiger partial charge in [-0.25, -0.2) is 0 Å². The average molecular weight is 224 g/mol. The largest absolute Gasteiger partial charge is 0.382 e. The normalized spacial score (nSPS) is 16.6. The summed E-state index contributed by atoms with van der Waals surface area (Å²) >= 11 is 0. The minimum atomic E-state index is 0.126. The average Bonchev–Trinajstić information content (AvgIpc) is 3.10. The quantitative estimate of drug-likeness (QED) is 0.661. The zero-order valence-electron chi connectivity index (χ0n) is 10.1. The van der Waals surface area contributed by atoms with E-state index in [4.69, 9.17) is 10.00 Å². The molecule has 1 saturated carbocycles. The molecule has 0 aromatic rings. The maximum absolute atomic E-state index is 11.9. The van der Waals surface area contributed by atoms with Crippen molar-refractivity contribution >= 4 is 5.91 Å². The van der Waals surface area contributed by atoms with Crippen LogP contribution in [0.3, 0.4) is 0 Å². The SMILES string of the molecule is COC(C)CCC(=O)N(CCC#N)C1CC1.